The molecule has 0 saturated carbocycles. The molecule has 0 radical (unpaired) electrons. The summed E-state index contributed by atoms with van der Waals surface area (Å²) in [6.07, 6.45) is 0. The SMILES string of the molecule is COc1ccc(OC)c(C(=O)c2oc3cc(NC(=O)c4ccccc4Cl)ccc3c2C)c1. The Labute approximate surface area is 189 Å². The van der Waals surface area contributed by atoms with E-state index in [1.54, 1.807) is 60.7 Å². The zero-order valence-electron chi connectivity index (χ0n) is 17.7. The predicted octanol–water partition coefficient (Wildman–Crippen LogP) is 5.90. The van der Waals surface area contributed by atoms with E-state index in [-0.39, 0.29) is 17.5 Å². The Morgan fingerprint density at radius 3 is 2.44 bits per heavy atom. The van der Waals surface area contributed by atoms with E-state index >= 15 is 0 Å². The van der Waals surface area contributed by atoms with Crippen LogP contribution in [0.2, 0.25) is 5.02 Å². The molecule has 0 aliphatic rings. The Kier molecular flexibility index (Phi) is 5.88. The number of aryl methyl sites for hydroxylation is 1. The van der Waals surface area contributed by atoms with E-state index < -0.39 is 0 Å². The van der Waals surface area contributed by atoms with Crippen LogP contribution in [0.25, 0.3) is 11.0 Å². The summed E-state index contributed by atoms with van der Waals surface area (Å²) in [5.74, 6) is 0.490. The molecule has 6 nitrogen and oxygen atoms in total. The van der Waals surface area contributed by atoms with Crippen LogP contribution in [0.5, 0.6) is 11.5 Å². The molecule has 0 aliphatic carbocycles. The van der Waals surface area contributed by atoms with Crippen LogP contribution >= 0.6 is 11.6 Å². The Morgan fingerprint density at radius 1 is 0.938 bits per heavy atom. The van der Waals surface area contributed by atoms with Gasteiger partial charge >= 0.3 is 0 Å². The van der Waals surface area contributed by atoms with Crippen molar-refractivity contribution in [3.8, 4) is 11.5 Å². The van der Waals surface area contributed by atoms with E-state index in [4.69, 9.17) is 25.5 Å². The lowest BCUT2D eigenvalue weighted by Crippen LogP contribution is -2.12. The maximum atomic E-state index is 13.3. The number of anilines is 1. The number of hydrogen-bond acceptors (Lipinski definition) is 5. The molecule has 4 aromatic rings. The molecule has 1 N–H and O–H groups in total. The van der Waals surface area contributed by atoms with Gasteiger partial charge in [-0.1, -0.05) is 23.7 Å². The second-order valence-corrected chi connectivity index (χ2v) is 7.50. The molecule has 0 aliphatic heterocycles. The normalized spacial score (nSPS) is 10.8. The Balaban J connectivity index is 1.68. The van der Waals surface area contributed by atoms with Gasteiger partial charge in [0.15, 0.2) is 5.76 Å². The van der Waals surface area contributed by atoms with Crippen molar-refractivity contribution in [1.29, 1.82) is 0 Å². The summed E-state index contributed by atoms with van der Waals surface area (Å²) >= 11 is 6.11. The van der Waals surface area contributed by atoms with Crippen molar-refractivity contribution in [2.75, 3.05) is 19.5 Å². The van der Waals surface area contributed by atoms with Crippen molar-refractivity contribution in [3.05, 3.63) is 88.1 Å². The van der Waals surface area contributed by atoms with Crippen molar-refractivity contribution in [2.45, 2.75) is 6.92 Å². The van der Waals surface area contributed by atoms with Crippen molar-refractivity contribution < 1.29 is 23.5 Å². The number of amides is 1. The third-order valence-electron chi connectivity index (χ3n) is 5.17. The number of methoxy groups -OCH3 is 2. The van der Waals surface area contributed by atoms with E-state index in [1.165, 1.54) is 14.2 Å². The van der Waals surface area contributed by atoms with Gasteiger partial charge in [-0.3, -0.25) is 9.59 Å². The van der Waals surface area contributed by atoms with Gasteiger partial charge in [-0.2, -0.15) is 0 Å². The fourth-order valence-corrected chi connectivity index (χ4v) is 3.70. The molecule has 0 fully saturated rings. The fourth-order valence-electron chi connectivity index (χ4n) is 3.48. The van der Waals surface area contributed by atoms with Crippen LogP contribution in [0.15, 0.2) is 65.1 Å². The Morgan fingerprint density at radius 2 is 1.72 bits per heavy atom. The molecule has 1 heterocycles. The summed E-state index contributed by atoms with van der Waals surface area (Å²) in [4.78, 5) is 25.8. The number of fused-ring (bicyclic) bond motifs is 1. The zero-order valence-corrected chi connectivity index (χ0v) is 18.4. The number of ether oxygens (including phenoxy) is 2. The van der Waals surface area contributed by atoms with Gasteiger partial charge < -0.3 is 19.2 Å². The summed E-state index contributed by atoms with van der Waals surface area (Å²) < 4.78 is 16.5. The van der Waals surface area contributed by atoms with Crippen LogP contribution in [0.1, 0.15) is 32.0 Å². The van der Waals surface area contributed by atoms with Gasteiger partial charge in [-0.25, -0.2) is 0 Å². The number of carbonyl (C=O) groups is 2. The molecule has 0 bridgehead atoms. The van der Waals surface area contributed by atoms with Crippen LogP contribution in [-0.4, -0.2) is 25.9 Å². The first-order valence-corrected chi connectivity index (χ1v) is 10.2. The molecular formula is C25H20ClNO5. The summed E-state index contributed by atoms with van der Waals surface area (Å²) in [7, 11) is 3.03. The lowest BCUT2D eigenvalue weighted by atomic mass is 10.0. The maximum Gasteiger partial charge on any atom is 0.257 e. The van der Waals surface area contributed by atoms with Crippen molar-refractivity contribution in [3.63, 3.8) is 0 Å². The molecule has 3 aromatic carbocycles. The van der Waals surface area contributed by atoms with E-state index in [9.17, 15) is 9.59 Å². The third-order valence-corrected chi connectivity index (χ3v) is 5.50. The van der Waals surface area contributed by atoms with E-state index in [2.05, 4.69) is 5.32 Å². The number of halogens is 1. The molecule has 1 amide bonds. The highest BCUT2D eigenvalue weighted by molar-refractivity contribution is 6.34. The maximum absolute atomic E-state index is 13.3. The average molecular weight is 450 g/mol. The van der Waals surface area contributed by atoms with Crippen molar-refractivity contribution in [2.24, 2.45) is 0 Å². The zero-order chi connectivity index (χ0) is 22.8. The third kappa shape index (κ3) is 3.92. The highest BCUT2D eigenvalue weighted by atomic mass is 35.5. The molecule has 7 heteroatoms. The molecular weight excluding hydrogens is 430 g/mol. The molecule has 4 rings (SSSR count). The molecule has 1 aromatic heterocycles. The lowest BCUT2D eigenvalue weighted by Gasteiger charge is -2.08. The molecule has 0 unspecified atom stereocenters. The number of hydrogen-bond donors (Lipinski definition) is 1. The van der Waals surface area contributed by atoms with E-state index in [0.29, 0.717) is 44.5 Å². The van der Waals surface area contributed by atoms with Crippen molar-refractivity contribution in [1.82, 2.24) is 0 Å². The lowest BCUT2D eigenvalue weighted by molar-refractivity contribution is 0.100. The number of nitrogens with one attached hydrogen (secondary N) is 1. The first kappa shape index (κ1) is 21.5. The van der Waals surface area contributed by atoms with Crippen LogP contribution in [0, 0.1) is 6.92 Å². The smallest absolute Gasteiger partial charge is 0.257 e. The molecule has 0 atom stereocenters. The number of benzene rings is 3. The van der Waals surface area contributed by atoms with Crippen LogP contribution in [-0.2, 0) is 0 Å². The highest BCUT2D eigenvalue weighted by Crippen LogP contribution is 2.33. The first-order valence-electron chi connectivity index (χ1n) is 9.78. The fraction of sp³-hybridized carbons (Fsp3) is 0.120. The average Bonchev–Trinajstić information content (AvgIpc) is 3.14. The van der Waals surface area contributed by atoms with Crippen LogP contribution in [0.4, 0.5) is 5.69 Å². The second kappa shape index (κ2) is 8.77. The minimum atomic E-state index is -0.337. The Bertz CT molecular complexity index is 1340. The van der Waals surface area contributed by atoms with E-state index in [1.807, 2.05) is 6.92 Å². The minimum Gasteiger partial charge on any atom is -0.497 e. The summed E-state index contributed by atoms with van der Waals surface area (Å²) in [5, 5.41) is 3.94. The monoisotopic (exact) mass is 449 g/mol. The number of ketones is 1. The van der Waals surface area contributed by atoms with E-state index in [0.717, 1.165) is 5.39 Å². The molecule has 32 heavy (non-hydrogen) atoms. The van der Waals surface area contributed by atoms with Gasteiger partial charge in [0.2, 0.25) is 5.78 Å². The number of furan rings is 1. The van der Waals surface area contributed by atoms with Gasteiger partial charge in [0.1, 0.15) is 17.1 Å². The summed E-state index contributed by atoms with van der Waals surface area (Å²) in [6, 6.07) is 17.0. The first-order chi connectivity index (χ1) is 15.4. The van der Waals surface area contributed by atoms with Crippen LogP contribution in [0.3, 0.4) is 0 Å². The predicted molar refractivity (Wildman–Crippen MR) is 123 cm³/mol. The molecule has 162 valence electrons. The Hall–Kier alpha value is -3.77. The highest BCUT2D eigenvalue weighted by Gasteiger charge is 2.23. The summed E-state index contributed by atoms with van der Waals surface area (Å²) in [6.45, 7) is 1.81. The standard InChI is InChI=1S/C25H20ClNO5/c1-14-17-10-8-15(27-25(29)18-6-4-5-7-20(18)26)12-22(17)32-24(14)23(28)19-13-16(30-2)9-11-21(19)31-3/h4-13H,1-3H3,(H,27,29). The largest absolute Gasteiger partial charge is 0.497 e. The van der Waals surface area contributed by atoms with Gasteiger partial charge in [0.05, 0.1) is 30.4 Å². The molecule has 0 saturated heterocycles. The number of rotatable bonds is 6. The quantitative estimate of drug-likeness (QED) is 0.371. The van der Waals surface area contributed by atoms with Gasteiger partial charge in [0, 0.05) is 22.7 Å². The van der Waals surface area contributed by atoms with Crippen molar-refractivity contribution >= 4 is 39.9 Å². The summed E-state index contributed by atoms with van der Waals surface area (Å²) in [5.41, 5.74) is 2.39. The number of carbonyl (C=O) groups excluding carboxylic acids is 2. The topological polar surface area (TPSA) is 77.8 Å². The van der Waals surface area contributed by atoms with Gasteiger partial charge in [-0.15, -0.1) is 0 Å². The van der Waals surface area contributed by atoms with Gasteiger partial charge in [-0.05, 0) is 49.4 Å². The van der Waals surface area contributed by atoms with Crippen LogP contribution < -0.4 is 14.8 Å². The minimum absolute atomic E-state index is 0.195. The second-order valence-electron chi connectivity index (χ2n) is 7.10. The van der Waals surface area contributed by atoms with Gasteiger partial charge in [0.25, 0.3) is 5.91 Å². The molecule has 0 spiro atoms.